The third kappa shape index (κ3) is 8.30. The van der Waals surface area contributed by atoms with Crippen molar-refractivity contribution in [2.24, 2.45) is 5.92 Å². The Kier molecular flexibility index (Phi) is 10.4. The Hall–Kier alpha value is -2.96. The largest absolute Gasteiger partial charge is 0.449 e. The summed E-state index contributed by atoms with van der Waals surface area (Å²) in [5.74, 6) is -0.941. The number of hydrogen-bond donors (Lipinski definition) is 1. The van der Waals surface area contributed by atoms with Crippen molar-refractivity contribution in [1.82, 2.24) is 0 Å². The van der Waals surface area contributed by atoms with Gasteiger partial charge in [0.25, 0.3) is 0 Å². The van der Waals surface area contributed by atoms with E-state index in [1.807, 2.05) is 0 Å². The summed E-state index contributed by atoms with van der Waals surface area (Å²) in [5.41, 5.74) is -6.24. The number of aryl methyl sites for hydroxylation is 1. The number of carbonyl (C=O) groups excluding carboxylic acids is 1. The number of alkyl halides is 9. The number of halogens is 9. The van der Waals surface area contributed by atoms with Crippen molar-refractivity contribution < 1.29 is 54.2 Å². The maximum atomic E-state index is 13.6. The molecule has 1 aromatic carbocycles. The first-order valence-electron chi connectivity index (χ1n) is 12.8. The number of allylic oxidation sites excluding steroid dienone is 4. The van der Waals surface area contributed by atoms with Gasteiger partial charge >= 0.3 is 24.6 Å². The number of aliphatic hydroxyl groups is 1. The van der Waals surface area contributed by atoms with Gasteiger partial charge in [0.2, 0.25) is 0 Å². The molecule has 0 saturated carbocycles. The van der Waals surface area contributed by atoms with E-state index in [1.165, 1.54) is 20.8 Å². The van der Waals surface area contributed by atoms with Crippen LogP contribution in [0.4, 0.5) is 50.0 Å². The van der Waals surface area contributed by atoms with Crippen LogP contribution >= 0.6 is 0 Å². The molecule has 3 unspecified atom stereocenters. The van der Waals surface area contributed by atoms with Gasteiger partial charge in [0.1, 0.15) is 0 Å². The van der Waals surface area contributed by atoms with Crippen LogP contribution in [0.5, 0.6) is 0 Å². The van der Waals surface area contributed by atoms with Gasteiger partial charge in [-0.2, -0.15) is 39.5 Å². The monoisotopic (exact) mass is 601 g/mol. The van der Waals surface area contributed by atoms with Crippen LogP contribution in [0, 0.1) is 12.8 Å². The van der Waals surface area contributed by atoms with E-state index in [2.05, 4.69) is 0 Å². The van der Waals surface area contributed by atoms with Gasteiger partial charge in [-0.3, -0.25) is 4.90 Å². The summed E-state index contributed by atoms with van der Waals surface area (Å²) in [6.07, 6.45) is -15.1. The maximum Gasteiger partial charge on any atom is 0.416 e. The van der Waals surface area contributed by atoms with Gasteiger partial charge in [-0.05, 0) is 87.4 Å². The molecule has 13 heteroatoms. The predicted molar refractivity (Wildman–Crippen MR) is 135 cm³/mol. The lowest BCUT2D eigenvalue weighted by molar-refractivity contribution is -0.137. The fraction of sp³-hybridized carbons (Fsp3) is 0.536. The van der Waals surface area contributed by atoms with Gasteiger partial charge in [-0.15, -0.1) is 0 Å². The number of amides is 1. The SMILES string of the molecule is CCOC(=O)N(c1ccc(C(F)(F)F)cc1C)C(CC)CC(C)C(C)(O)C1=CCC(C(F)(F)F)=CC(C(F)(F)F)=C1. The third-order valence-corrected chi connectivity index (χ3v) is 7.13. The lowest BCUT2D eigenvalue weighted by atomic mass is 9.78. The molecule has 0 saturated heterocycles. The average molecular weight is 602 g/mol. The minimum atomic E-state index is -5.13. The van der Waals surface area contributed by atoms with Gasteiger partial charge < -0.3 is 9.84 Å². The van der Waals surface area contributed by atoms with Gasteiger partial charge in [0, 0.05) is 11.6 Å². The summed E-state index contributed by atoms with van der Waals surface area (Å²) >= 11 is 0. The summed E-state index contributed by atoms with van der Waals surface area (Å²) < 4.78 is 126. The molecule has 0 aromatic heterocycles. The first-order valence-corrected chi connectivity index (χ1v) is 12.8. The Labute approximate surface area is 232 Å². The molecule has 0 aliphatic heterocycles. The molecule has 1 aromatic rings. The summed E-state index contributed by atoms with van der Waals surface area (Å²) in [7, 11) is 0. The van der Waals surface area contributed by atoms with Gasteiger partial charge in [-0.25, -0.2) is 4.79 Å². The van der Waals surface area contributed by atoms with E-state index >= 15 is 0 Å². The normalized spacial score (nSPS) is 17.9. The number of nitrogens with zero attached hydrogens (tertiary/aromatic N) is 1. The zero-order valence-electron chi connectivity index (χ0n) is 23.1. The number of ether oxygens (including phenoxy) is 1. The molecule has 0 radical (unpaired) electrons. The molecule has 1 N–H and O–H groups in total. The minimum Gasteiger partial charge on any atom is -0.449 e. The second-order valence-electron chi connectivity index (χ2n) is 10.0. The quantitative estimate of drug-likeness (QED) is 0.303. The molecule has 4 nitrogen and oxygen atoms in total. The Morgan fingerprint density at radius 2 is 1.59 bits per heavy atom. The molecule has 0 heterocycles. The molecule has 230 valence electrons. The molecule has 1 aliphatic rings. The molecule has 1 amide bonds. The first-order chi connectivity index (χ1) is 18.6. The second kappa shape index (κ2) is 12.5. The van der Waals surface area contributed by atoms with Crippen LogP contribution in [0.25, 0.3) is 0 Å². The molecule has 0 fully saturated rings. The molecule has 3 atom stereocenters. The Morgan fingerprint density at radius 1 is 0.976 bits per heavy atom. The Balaban J connectivity index is 2.51. The maximum absolute atomic E-state index is 13.6. The second-order valence-corrected chi connectivity index (χ2v) is 10.0. The number of carbonyl (C=O) groups is 1. The zero-order chi connectivity index (χ0) is 31.6. The smallest absolute Gasteiger partial charge is 0.416 e. The summed E-state index contributed by atoms with van der Waals surface area (Å²) in [6.45, 7) is 7.10. The van der Waals surface area contributed by atoms with Crippen molar-refractivity contribution in [3.63, 3.8) is 0 Å². The van der Waals surface area contributed by atoms with E-state index in [-0.39, 0.29) is 36.8 Å². The highest BCUT2D eigenvalue weighted by molar-refractivity contribution is 5.89. The number of hydrogen-bond acceptors (Lipinski definition) is 3. The standard InChI is InChI=1S/C28H32F9NO3/c1-6-22(38(24(39)41-7-2)23-11-10-19(12-16(23)3)26(29,30)31)13-17(4)25(5,40)18-8-9-20(27(32,33)34)15-21(14-18)28(35,36)37/h8,10-12,14-15,17,22,40H,6-7,9,13H2,1-5H3. The third-order valence-electron chi connectivity index (χ3n) is 7.13. The van der Waals surface area contributed by atoms with Crippen LogP contribution in [0.2, 0.25) is 0 Å². The Bertz CT molecular complexity index is 1190. The van der Waals surface area contributed by atoms with E-state index in [4.69, 9.17) is 4.74 Å². The van der Waals surface area contributed by atoms with Crippen molar-refractivity contribution in [3.05, 3.63) is 64.3 Å². The van der Waals surface area contributed by atoms with Gasteiger partial charge in [0.15, 0.2) is 0 Å². The summed E-state index contributed by atoms with van der Waals surface area (Å²) in [6, 6.07) is 1.95. The lowest BCUT2D eigenvalue weighted by Crippen LogP contribution is -2.45. The summed E-state index contributed by atoms with van der Waals surface area (Å²) in [4.78, 5) is 14.1. The molecule has 2 rings (SSSR count). The molecular formula is C28H32F9NO3. The van der Waals surface area contributed by atoms with Crippen LogP contribution < -0.4 is 4.90 Å². The van der Waals surface area contributed by atoms with Crippen LogP contribution in [0.3, 0.4) is 0 Å². The molecule has 1 aliphatic carbocycles. The number of anilines is 1. The van der Waals surface area contributed by atoms with E-state index < -0.39 is 70.9 Å². The van der Waals surface area contributed by atoms with Crippen molar-refractivity contribution in [2.75, 3.05) is 11.5 Å². The summed E-state index contributed by atoms with van der Waals surface area (Å²) in [5, 5.41) is 11.4. The van der Waals surface area contributed by atoms with Crippen molar-refractivity contribution in [3.8, 4) is 0 Å². The zero-order valence-corrected chi connectivity index (χ0v) is 23.1. The van der Waals surface area contributed by atoms with Crippen LogP contribution in [0.1, 0.15) is 58.1 Å². The van der Waals surface area contributed by atoms with Crippen molar-refractivity contribution >= 4 is 11.8 Å². The molecule has 0 bridgehead atoms. The minimum absolute atomic E-state index is 0.00890. The van der Waals surface area contributed by atoms with Crippen LogP contribution in [-0.4, -0.2) is 41.8 Å². The van der Waals surface area contributed by atoms with E-state index in [0.29, 0.717) is 6.08 Å². The molecule has 41 heavy (non-hydrogen) atoms. The highest BCUT2D eigenvalue weighted by atomic mass is 19.4. The van der Waals surface area contributed by atoms with Gasteiger partial charge in [0.05, 0.1) is 29.0 Å². The number of rotatable bonds is 8. The van der Waals surface area contributed by atoms with E-state index in [1.54, 1.807) is 6.92 Å². The molecular weight excluding hydrogens is 569 g/mol. The van der Waals surface area contributed by atoms with Crippen molar-refractivity contribution in [1.29, 1.82) is 0 Å². The number of benzene rings is 1. The average Bonchev–Trinajstić information content (AvgIpc) is 3.08. The lowest BCUT2D eigenvalue weighted by Gasteiger charge is -2.38. The van der Waals surface area contributed by atoms with Gasteiger partial charge in [-0.1, -0.05) is 19.9 Å². The highest BCUT2D eigenvalue weighted by Gasteiger charge is 2.42. The van der Waals surface area contributed by atoms with Crippen molar-refractivity contribution in [2.45, 2.75) is 84.1 Å². The fourth-order valence-electron chi connectivity index (χ4n) is 4.56. The molecule has 0 spiro atoms. The first kappa shape index (κ1) is 34.2. The predicted octanol–water partition coefficient (Wildman–Crippen LogP) is 8.84. The van der Waals surface area contributed by atoms with Crippen LogP contribution in [-0.2, 0) is 10.9 Å². The Morgan fingerprint density at radius 3 is 2.05 bits per heavy atom. The van der Waals surface area contributed by atoms with Crippen LogP contribution in [0.15, 0.2) is 53.1 Å². The van der Waals surface area contributed by atoms with E-state index in [0.717, 1.165) is 36.1 Å². The topological polar surface area (TPSA) is 49.8 Å². The van der Waals surface area contributed by atoms with E-state index in [9.17, 15) is 49.4 Å². The highest BCUT2D eigenvalue weighted by Crippen LogP contribution is 2.41. The fourth-order valence-corrected chi connectivity index (χ4v) is 4.56.